The molecular weight excluding hydrogens is 527 g/mol. The van der Waals surface area contributed by atoms with Gasteiger partial charge in [0.25, 0.3) is 6.47 Å². The maximum absolute atomic E-state index is 15.0. The summed E-state index contributed by atoms with van der Waals surface area (Å²) in [6.45, 7) is 5.10. The summed E-state index contributed by atoms with van der Waals surface area (Å²) in [7, 11) is 3.40. The lowest BCUT2D eigenvalue weighted by molar-refractivity contribution is -0.274. The molecule has 1 saturated heterocycles. The lowest BCUT2D eigenvalue weighted by Crippen LogP contribution is -2.44. The number of benzene rings is 2. The van der Waals surface area contributed by atoms with Crippen molar-refractivity contribution in [3.8, 4) is 5.75 Å². The maximum Gasteiger partial charge on any atom is 0.573 e. The van der Waals surface area contributed by atoms with Crippen LogP contribution in [-0.4, -0.2) is 80.1 Å². The van der Waals surface area contributed by atoms with Crippen LogP contribution in [-0.2, 0) is 11.2 Å². The molecular formula is C25H31F4N4O4P. The third kappa shape index (κ3) is 9.25. The minimum absolute atomic E-state index is 0.00477. The minimum atomic E-state index is -4.99. The predicted molar refractivity (Wildman–Crippen MR) is 140 cm³/mol. The Morgan fingerprint density at radius 2 is 1.79 bits per heavy atom. The van der Waals surface area contributed by atoms with E-state index in [1.54, 1.807) is 19.1 Å². The number of halogens is 4. The Balaban J connectivity index is 0.00000161. The lowest BCUT2D eigenvalue weighted by Gasteiger charge is -2.34. The monoisotopic (exact) mass is 558 g/mol. The molecule has 208 valence electrons. The molecule has 0 bridgehead atoms. The van der Waals surface area contributed by atoms with Crippen LogP contribution in [0.4, 0.5) is 28.0 Å². The van der Waals surface area contributed by atoms with Crippen molar-refractivity contribution >= 4 is 32.1 Å². The molecule has 1 aliphatic rings. The van der Waals surface area contributed by atoms with Crippen molar-refractivity contribution in [3.63, 3.8) is 0 Å². The molecule has 0 aromatic heterocycles. The molecule has 0 saturated carbocycles. The second-order valence-electron chi connectivity index (χ2n) is 8.63. The second-order valence-corrected chi connectivity index (χ2v) is 10.4. The van der Waals surface area contributed by atoms with Gasteiger partial charge in [-0.15, -0.1) is 13.2 Å². The first-order valence-corrected chi connectivity index (χ1v) is 12.7. The maximum atomic E-state index is 15.0. The van der Waals surface area contributed by atoms with Crippen molar-refractivity contribution in [2.45, 2.75) is 25.4 Å². The van der Waals surface area contributed by atoms with Gasteiger partial charge >= 0.3 is 6.36 Å². The zero-order valence-corrected chi connectivity index (χ0v) is 22.2. The number of nitrogens with one attached hydrogen (secondary N) is 2. The molecule has 1 aliphatic heterocycles. The fourth-order valence-corrected chi connectivity index (χ4v) is 4.85. The number of carbonyl (C=O) groups excluding carboxylic acids is 1. The number of hydrogen-bond acceptors (Lipinski definition) is 6. The van der Waals surface area contributed by atoms with Gasteiger partial charge in [-0.2, -0.15) is 0 Å². The fourth-order valence-electron chi connectivity index (χ4n) is 3.95. The molecule has 3 N–H and O–H groups in total. The van der Waals surface area contributed by atoms with E-state index in [-0.39, 0.29) is 49.6 Å². The summed E-state index contributed by atoms with van der Waals surface area (Å²) in [5.74, 6) is -1.64. The summed E-state index contributed by atoms with van der Waals surface area (Å²) in [6.07, 6.45) is -4.91. The Kier molecular flexibility index (Phi) is 11.5. The van der Waals surface area contributed by atoms with Gasteiger partial charge in [-0.3, -0.25) is 15.0 Å². The van der Waals surface area contributed by atoms with Crippen molar-refractivity contribution in [3.05, 3.63) is 58.9 Å². The minimum Gasteiger partial charge on any atom is -0.483 e. The van der Waals surface area contributed by atoms with E-state index >= 15 is 4.39 Å². The van der Waals surface area contributed by atoms with Crippen LogP contribution < -0.4 is 15.0 Å². The van der Waals surface area contributed by atoms with Gasteiger partial charge in [0.2, 0.25) is 5.65 Å². The SMILES string of the molecule is CNC(=O)PC(C)Cc1c(F)cc(OC(F)(F)F)cc1C(=N)c1ccc(N2CCN(C)CC2)cc1.O=CO. The molecule has 0 spiro atoms. The van der Waals surface area contributed by atoms with E-state index < -0.39 is 17.9 Å². The van der Waals surface area contributed by atoms with Crippen LogP contribution in [0, 0.1) is 11.2 Å². The highest BCUT2D eigenvalue weighted by atomic mass is 31.1. The molecule has 8 nitrogen and oxygen atoms in total. The third-order valence-electron chi connectivity index (χ3n) is 5.81. The number of rotatable bonds is 8. The molecule has 1 fully saturated rings. The van der Waals surface area contributed by atoms with E-state index in [4.69, 9.17) is 15.3 Å². The molecule has 38 heavy (non-hydrogen) atoms. The number of nitrogens with zero attached hydrogens (tertiary/aromatic N) is 2. The average molecular weight is 559 g/mol. The number of anilines is 1. The van der Waals surface area contributed by atoms with Gasteiger partial charge in [-0.25, -0.2) is 4.39 Å². The number of amides is 1. The Bertz CT molecular complexity index is 1110. The summed E-state index contributed by atoms with van der Waals surface area (Å²) in [5.41, 5.74) is 0.911. The number of carboxylic acid groups (broad SMARTS) is 1. The quantitative estimate of drug-likeness (QED) is 0.190. The first-order chi connectivity index (χ1) is 17.9. The molecule has 0 radical (unpaired) electrons. The van der Waals surface area contributed by atoms with Crippen LogP contribution >= 0.6 is 8.58 Å². The van der Waals surface area contributed by atoms with Crippen molar-refractivity contribution < 1.29 is 37.0 Å². The Hall–Kier alpha value is -3.24. The molecule has 2 unspecified atom stereocenters. The number of hydrogen-bond donors (Lipinski definition) is 3. The summed E-state index contributed by atoms with van der Waals surface area (Å²) < 4.78 is 57.4. The molecule has 13 heteroatoms. The van der Waals surface area contributed by atoms with Crippen molar-refractivity contribution in [1.29, 1.82) is 5.41 Å². The lowest BCUT2D eigenvalue weighted by atomic mass is 9.94. The number of likely N-dealkylation sites (N-methyl/N-ethyl adjacent to an activating group) is 1. The average Bonchev–Trinajstić information content (AvgIpc) is 2.85. The molecule has 2 aromatic carbocycles. The van der Waals surface area contributed by atoms with Crippen LogP contribution in [0.2, 0.25) is 0 Å². The predicted octanol–water partition coefficient (Wildman–Crippen LogP) is 4.54. The van der Waals surface area contributed by atoms with Crippen molar-refractivity contribution in [2.75, 3.05) is 45.2 Å². The Labute approximate surface area is 220 Å². The Morgan fingerprint density at radius 1 is 1.21 bits per heavy atom. The van der Waals surface area contributed by atoms with E-state index in [1.807, 2.05) is 12.1 Å². The highest BCUT2D eigenvalue weighted by Crippen LogP contribution is 2.32. The number of carbonyl (C=O) groups is 2. The first kappa shape index (κ1) is 31.0. The topological polar surface area (TPSA) is 106 Å². The molecule has 3 rings (SSSR count). The summed E-state index contributed by atoms with van der Waals surface area (Å²) in [4.78, 5) is 24.6. The standard InChI is InChI=1S/C24H29F4N4O2P.CH2O2/c1-15(35-23(33)30-2)12-19-20(13-18(14-21(19)25)34-24(26,27)28)22(29)16-4-6-17(7-5-16)32-10-8-31(3)9-11-32;2-1-3/h4-7,13-15,29,35H,8-12H2,1-3H3,(H,30,33);1H,(H,2,3). The van der Waals surface area contributed by atoms with Crippen LogP contribution in [0.25, 0.3) is 0 Å². The molecule has 2 atom stereocenters. The van der Waals surface area contributed by atoms with Gasteiger partial charge < -0.3 is 25.0 Å². The molecule has 1 heterocycles. The van der Waals surface area contributed by atoms with E-state index in [2.05, 4.69) is 26.9 Å². The van der Waals surface area contributed by atoms with Gasteiger partial charge in [0.1, 0.15) is 11.6 Å². The highest BCUT2D eigenvalue weighted by molar-refractivity contribution is 7.58. The summed E-state index contributed by atoms with van der Waals surface area (Å²) in [6, 6.07) is 8.85. The zero-order valence-electron chi connectivity index (χ0n) is 21.2. The van der Waals surface area contributed by atoms with Crippen LogP contribution in [0.3, 0.4) is 0 Å². The van der Waals surface area contributed by atoms with Gasteiger partial charge in [0.05, 0.1) is 5.71 Å². The number of alkyl halides is 3. The fraction of sp³-hybridized carbons (Fsp3) is 0.400. The smallest absolute Gasteiger partial charge is 0.483 e. The normalized spacial score (nSPS) is 15.0. The largest absolute Gasteiger partial charge is 0.573 e. The van der Waals surface area contributed by atoms with E-state index in [0.717, 1.165) is 37.9 Å². The van der Waals surface area contributed by atoms with Gasteiger partial charge in [0, 0.05) is 56.1 Å². The Morgan fingerprint density at radius 3 is 2.32 bits per heavy atom. The van der Waals surface area contributed by atoms with Crippen LogP contribution in [0.15, 0.2) is 36.4 Å². The van der Waals surface area contributed by atoms with E-state index in [1.165, 1.54) is 7.05 Å². The van der Waals surface area contributed by atoms with Crippen molar-refractivity contribution in [2.24, 2.45) is 0 Å². The zero-order chi connectivity index (χ0) is 28.5. The highest BCUT2D eigenvalue weighted by Gasteiger charge is 2.32. The van der Waals surface area contributed by atoms with Gasteiger partial charge in [-0.1, -0.05) is 19.1 Å². The second kappa shape index (κ2) is 14.1. The summed E-state index contributed by atoms with van der Waals surface area (Å²) >= 11 is 0. The van der Waals surface area contributed by atoms with E-state index in [0.29, 0.717) is 11.6 Å². The molecule has 0 aliphatic carbocycles. The van der Waals surface area contributed by atoms with E-state index in [9.17, 15) is 18.0 Å². The van der Waals surface area contributed by atoms with Crippen LogP contribution in [0.1, 0.15) is 23.6 Å². The number of piperazine rings is 1. The summed E-state index contributed by atoms with van der Waals surface area (Å²) in [5, 5.41) is 18.1. The third-order valence-corrected chi connectivity index (χ3v) is 7.02. The number of ether oxygens (including phenoxy) is 1. The van der Waals surface area contributed by atoms with Gasteiger partial charge in [0.15, 0.2) is 0 Å². The first-order valence-electron chi connectivity index (χ1n) is 11.7. The molecule has 2 aromatic rings. The van der Waals surface area contributed by atoms with Crippen molar-refractivity contribution in [1.82, 2.24) is 10.2 Å². The van der Waals surface area contributed by atoms with Gasteiger partial charge in [-0.05, 0) is 51.5 Å². The molecule has 1 amide bonds. The van der Waals surface area contributed by atoms with Crippen LogP contribution in [0.5, 0.6) is 5.75 Å².